The van der Waals surface area contributed by atoms with E-state index in [1.165, 1.54) is 5.56 Å². The summed E-state index contributed by atoms with van der Waals surface area (Å²) in [6.45, 7) is 4.06. The summed E-state index contributed by atoms with van der Waals surface area (Å²) in [7, 11) is 0. The standard InChI is InChI=1S/C12H16ClNO/c1-2-8-5-10(9-3-4-14-7-9)12(15)11(13)6-8/h5-6,9,14-15H,2-4,7H2,1H3. The van der Waals surface area contributed by atoms with Gasteiger partial charge in [0.15, 0.2) is 0 Å². The van der Waals surface area contributed by atoms with Crippen molar-refractivity contribution in [1.29, 1.82) is 0 Å². The Morgan fingerprint density at radius 1 is 1.53 bits per heavy atom. The normalized spacial score (nSPS) is 20.8. The maximum Gasteiger partial charge on any atom is 0.137 e. The molecule has 0 bridgehead atoms. The van der Waals surface area contributed by atoms with Gasteiger partial charge in [0, 0.05) is 18.0 Å². The zero-order valence-electron chi connectivity index (χ0n) is 8.89. The molecule has 0 spiro atoms. The Morgan fingerprint density at radius 3 is 2.93 bits per heavy atom. The van der Waals surface area contributed by atoms with Gasteiger partial charge in [0.2, 0.25) is 0 Å². The highest BCUT2D eigenvalue weighted by Crippen LogP contribution is 2.36. The summed E-state index contributed by atoms with van der Waals surface area (Å²) in [6, 6.07) is 3.93. The fraction of sp³-hybridized carbons (Fsp3) is 0.500. The van der Waals surface area contributed by atoms with Crippen LogP contribution in [0.4, 0.5) is 0 Å². The number of phenolic OH excluding ortho intramolecular Hbond substituents is 1. The molecule has 1 fully saturated rings. The lowest BCUT2D eigenvalue weighted by atomic mass is 9.95. The molecular weight excluding hydrogens is 210 g/mol. The lowest BCUT2D eigenvalue weighted by Crippen LogP contribution is -2.08. The molecule has 1 aromatic carbocycles. The van der Waals surface area contributed by atoms with Crippen molar-refractivity contribution >= 4 is 11.6 Å². The van der Waals surface area contributed by atoms with E-state index in [9.17, 15) is 5.11 Å². The molecule has 15 heavy (non-hydrogen) atoms. The summed E-state index contributed by atoms with van der Waals surface area (Å²) < 4.78 is 0. The smallest absolute Gasteiger partial charge is 0.137 e. The van der Waals surface area contributed by atoms with Crippen molar-refractivity contribution in [3.63, 3.8) is 0 Å². The third-order valence-corrected chi connectivity index (χ3v) is 3.35. The lowest BCUT2D eigenvalue weighted by Gasteiger charge is -2.13. The molecule has 0 amide bonds. The minimum Gasteiger partial charge on any atom is -0.506 e. The van der Waals surface area contributed by atoms with Crippen molar-refractivity contribution in [2.75, 3.05) is 13.1 Å². The molecule has 2 N–H and O–H groups in total. The molecule has 2 rings (SSSR count). The first-order valence-corrected chi connectivity index (χ1v) is 5.82. The van der Waals surface area contributed by atoms with Crippen LogP contribution in [0.5, 0.6) is 5.75 Å². The minimum atomic E-state index is 0.266. The lowest BCUT2D eigenvalue weighted by molar-refractivity contribution is 0.462. The van der Waals surface area contributed by atoms with Crippen molar-refractivity contribution in [3.05, 3.63) is 28.3 Å². The Hall–Kier alpha value is -0.730. The number of benzene rings is 1. The number of aromatic hydroxyl groups is 1. The predicted molar refractivity (Wildman–Crippen MR) is 62.7 cm³/mol. The van der Waals surface area contributed by atoms with Crippen LogP contribution in [0, 0.1) is 0 Å². The summed E-state index contributed by atoms with van der Waals surface area (Å²) in [6.07, 6.45) is 2.03. The SMILES string of the molecule is CCc1cc(Cl)c(O)c(C2CCNC2)c1. The number of halogens is 1. The molecule has 1 unspecified atom stereocenters. The zero-order chi connectivity index (χ0) is 10.8. The van der Waals surface area contributed by atoms with E-state index in [-0.39, 0.29) is 5.75 Å². The number of rotatable bonds is 2. The van der Waals surface area contributed by atoms with Crippen molar-refractivity contribution in [2.24, 2.45) is 0 Å². The maximum atomic E-state index is 9.92. The molecule has 82 valence electrons. The highest BCUT2D eigenvalue weighted by atomic mass is 35.5. The second kappa shape index (κ2) is 4.42. The molecule has 1 atom stereocenters. The van der Waals surface area contributed by atoms with E-state index in [1.54, 1.807) is 0 Å². The number of phenols is 1. The van der Waals surface area contributed by atoms with Crippen molar-refractivity contribution in [1.82, 2.24) is 5.32 Å². The quantitative estimate of drug-likeness (QED) is 0.811. The van der Waals surface area contributed by atoms with E-state index in [4.69, 9.17) is 11.6 Å². The van der Waals surface area contributed by atoms with E-state index in [0.717, 1.165) is 31.5 Å². The van der Waals surface area contributed by atoms with Gasteiger partial charge in [0.25, 0.3) is 0 Å². The van der Waals surface area contributed by atoms with Crippen LogP contribution < -0.4 is 5.32 Å². The minimum absolute atomic E-state index is 0.266. The van der Waals surface area contributed by atoms with E-state index in [1.807, 2.05) is 6.07 Å². The van der Waals surface area contributed by atoms with Crippen LogP contribution in [0.25, 0.3) is 0 Å². The van der Waals surface area contributed by atoms with Crippen LogP contribution in [0.1, 0.15) is 30.4 Å². The molecule has 0 radical (unpaired) electrons. The van der Waals surface area contributed by atoms with Gasteiger partial charge in [-0.2, -0.15) is 0 Å². The summed E-state index contributed by atoms with van der Waals surface area (Å²) >= 11 is 6.01. The average molecular weight is 226 g/mol. The van der Waals surface area contributed by atoms with E-state index < -0.39 is 0 Å². The highest BCUT2D eigenvalue weighted by Gasteiger charge is 2.21. The Morgan fingerprint density at radius 2 is 2.33 bits per heavy atom. The summed E-state index contributed by atoms with van der Waals surface area (Å²) in [4.78, 5) is 0. The molecule has 0 aromatic heterocycles. The topological polar surface area (TPSA) is 32.3 Å². The van der Waals surface area contributed by atoms with Crippen molar-refractivity contribution in [2.45, 2.75) is 25.7 Å². The third-order valence-electron chi connectivity index (χ3n) is 3.06. The van der Waals surface area contributed by atoms with Crippen LogP contribution in [0.15, 0.2) is 12.1 Å². The van der Waals surface area contributed by atoms with Crippen LogP contribution in [0.3, 0.4) is 0 Å². The van der Waals surface area contributed by atoms with Gasteiger partial charge in [-0.05, 0) is 31.0 Å². The zero-order valence-corrected chi connectivity index (χ0v) is 9.64. The largest absolute Gasteiger partial charge is 0.506 e. The Labute approximate surface area is 95.3 Å². The second-order valence-corrected chi connectivity index (χ2v) is 4.47. The summed E-state index contributed by atoms with van der Waals surface area (Å²) in [5.41, 5.74) is 2.20. The monoisotopic (exact) mass is 225 g/mol. The molecule has 1 aromatic rings. The highest BCUT2D eigenvalue weighted by molar-refractivity contribution is 6.32. The Kier molecular flexibility index (Phi) is 3.17. The molecule has 1 aliphatic heterocycles. The Balaban J connectivity index is 2.39. The van der Waals surface area contributed by atoms with Crippen molar-refractivity contribution < 1.29 is 5.11 Å². The number of aryl methyl sites for hydroxylation is 1. The fourth-order valence-electron chi connectivity index (χ4n) is 2.11. The molecule has 3 heteroatoms. The van der Waals surface area contributed by atoms with Gasteiger partial charge in [0.1, 0.15) is 5.75 Å². The first kappa shape index (κ1) is 10.8. The maximum absolute atomic E-state index is 9.92. The van der Waals surface area contributed by atoms with Gasteiger partial charge in [-0.3, -0.25) is 0 Å². The summed E-state index contributed by atoms with van der Waals surface area (Å²) in [5, 5.41) is 13.7. The van der Waals surface area contributed by atoms with Gasteiger partial charge >= 0.3 is 0 Å². The van der Waals surface area contributed by atoms with Gasteiger partial charge < -0.3 is 10.4 Å². The third kappa shape index (κ3) is 2.11. The fourth-order valence-corrected chi connectivity index (χ4v) is 2.36. The van der Waals surface area contributed by atoms with Crippen molar-refractivity contribution in [3.8, 4) is 5.75 Å². The summed E-state index contributed by atoms with van der Waals surface area (Å²) in [5.74, 6) is 0.677. The van der Waals surface area contributed by atoms with Crippen LogP contribution in [-0.2, 0) is 6.42 Å². The predicted octanol–water partition coefficient (Wildman–Crippen LogP) is 2.68. The molecule has 1 aliphatic rings. The molecule has 0 saturated carbocycles. The number of hydrogen-bond acceptors (Lipinski definition) is 2. The molecule has 2 nitrogen and oxygen atoms in total. The first-order valence-electron chi connectivity index (χ1n) is 5.44. The van der Waals surface area contributed by atoms with Gasteiger partial charge in [-0.15, -0.1) is 0 Å². The van der Waals surface area contributed by atoms with Gasteiger partial charge in [0.05, 0.1) is 5.02 Å². The van der Waals surface area contributed by atoms with Gasteiger partial charge in [-0.25, -0.2) is 0 Å². The molecule has 1 saturated heterocycles. The van der Waals surface area contributed by atoms with E-state index >= 15 is 0 Å². The van der Waals surface area contributed by atoms with Crippen LogP contribution >= 0.6 is 11.6 Å². The van der Waals surface area contributed by atoms with Crippen LogP contribution in [-0.4, -0.2) is 18.2 Å². The first-order chi connectivity index (χ1) is 7.22. The average Bonchev–Trinajstić information content (AvgIpc) is 2.75. The van der Waals surface area contributed by atoms with E-state index in [2.05, 4.69) is 18.3 Å². The van der Waals surface area contributed by atoms with E-state index in [0.29, 0.717) is 10.9 Å². The number of hydrogen-bond donors (Lipinski definition) is 2. The number of nitrogens with one attached hydrogen (secondary N) is 1. The van der Waals surface area contributed by atoms with Gasteiger partial charge in [-0.1, -0.05) is 24.6 Å². The Bertz CT molecular complexity index is 359. The second-order valence-electron chi connectivity index (χ2n) is 4.06. The molecule has 1 heterocycles. The molecule has 0 aliphatic carbocycles. The van der Waals surface area contributed by atoms with Crippen LogP contribution in [0.2, 0.25) is 5.02 Å². The molecular formula is C12H16ClNO.